The van der Waals surface area contributed by atoms with Crippen LogP contribution in [0.25, 0.3) is 0 Å². The Kier molecular flexibility index (Phi) is 5.14. The molecule has 6 nitrogen and oxygen atoms in total. The van der Waals surface area contributed by atoms with Gasteiger partial charge in [-0.25, -0.2) is 16.8 Å². The Bertz CT molecular complexity index is 842. The molecule has 1 aliphatic heterocycles. The maximum Gasteiger partial charge on any atom is 0.187 e. The molecular formula is C17H25NO5S2. The van der Waals surface area contributed by atoms with Crippen LogP contribution in [0.2, 0.25) is 0 Å². The highest BCUT2D eigenvalue weighted by Crippen LogP contribution is 2.33. The summed E-state index contributed by atoms with van der Waals surface area (Å²) in [5, 5.41) is 2.33. The fraction of sp³-hybridized carbons (Fsp3) is 0.647. The molecule has 1 saturated heterocycles. The first-order chi connectivity index (χ1) is 11.7. The maximum absolute atomic E-state index is 13.3. The molecule has 3 rings (SSSR count). The van der Waals surface area contributed by atoms with Crippen molar-refractivity contribution >= 4 is 19.7 Å². The van der Waals surface area contributed by atoms with Crippen molar-refractivity contribution in [1.29, 1.82) is 0 Å². The molecule has 1 heterocycles. The Morgan fingerprint density at radius 3 is 2.48 bits per heavy atom. The van der Waals surface area contributed by atoms with Gasteiger partial charge in [0.05, 0.1) is 23.9 Å². The Morgan fingerprint density at radius 2 is 1.84 bits per heavy atom. The highest BCUT2D eigenvalue weighted by molar-refractivity contribution is 7.96. The number of sulfone groups is 2. The summed E-state index contributed by atoms with van der Waals surface area (Å²) < 4.78 is 56.1. The standard InChI is InChI=1S/C17H25NO5S2/c1-12-7-8-15(23-2)16(9-12)25(21,22)17-11-24(19,20)10-14(17)18-13-5-3-4-6-13/h7-9,13-14,17-18H,3-6,10-11H2,1-2H3/t14-,17-/m1/s1. The molecule has 0 aromatic heterocycles. The van der Waals surface area contributed by atoms with Gasteiger partial charge in [0, 0.05) is 12.1 Å². The molecule has 1 saturated carbocycles. The number of aryl methyl sites for hydroxylation is 1. The fourth-order valence-electron chi connectivity index (χ4n) is 3.84. The van der Waals surface area contributed by atoms with Crippen molar-refractivity contribution in [3.05, 3.63) is 23.8 Å². The maximum atomic E-state index is 13.3. The second kappa shape index (κ2) is 6.89. The molecule has 25 heavy (non-hydrogen) atoms. The predicted octanol–water partition coefficient (Wildman–Crippen LogP) is 1.48. The zero-order valence-electron chi connectivity index (χ0n) is 14.6. The van der Waals surface area contributed by atoms with Gasteiger partial charge in [0.1, 0.15) is 10.6 Å². The molecule has 0 bridgehead atoms. The molecule has 1 aromatic rings. The first-order valence-electron chi connectivity index (χ1n) is 8.58. The Labute approximate surface area is 149 Å². The van der Waals surface area contributed by atoms with E-state index in [0.717, 1.165) is 31.2 Å². The lowest BCUT2D eigenvalue weighted by atomic mass is 10.2. The summed E-state index contributed by atoms with van der Waals surface area (Å²) in [5.41, 5.74) is 0.792. The van der Waals surface area contributed by atoms with Crippen molar-refractivity contribution < 1.29 is 21.6 Å². The van der Waals surface area contributed by atoms with Crippen LogP contribution in [0.15, 0.2) is 23.1 Å². The van der Waals surface area contributed by atoms with Crippen LogP contribution in [-0.2, 0) is 19.7 Å². The number of methoxy groups -OCH3 is 1. The van der Waals surface area contributed by atoms with Crippen LogP contribution in [0.1, 0.15) is 31.2 Å². The summed E-state index contributed by atoms with van der Waals surface area (Å²) in [6.07, 6.45) is 4.13. The van der Waals surface area contributed by atoms with Crippen molar-refractivity contribution in [2.75, 3.05) is 18.6 Å². The lowest BCUT2D eigenvalue weighted by molar-refractivity contribution is 0.401. The van der Waals surface area contributed by atoms with Crippen LogP contribution in [-0.4, -0.2) is 52.8 Å². The molecule has 0 unspecified atom stereocenters. The first kappa shape index (κ1) is 18.7. The number of benzene rings is 1. The van der Waals surface area contributed by atoms with Gasteiger partial charge in [-0.05, 0) is 37.5 Å². The van der Waals surface area contributed by atoms with Gasteiger partial charge in [-0.15, -0.1) is 0 Å². The van der Waals surface area contributed by atoms with Crippen LogP contribution in [0.5, 0.6) is 5.75 Å². The van der Waals surface area contributed by atoms with Crippen LogP contribution in [0, 0.1) is 6.92 Å². The van der Waals surface area contributed by atoms with Gasteiger partial charge in [0.25, 0.3) is 0 Å². The van der Waals surface area contributed by atoms with Gasteiger partial charge in [0.15, 0.2) is 19.7 Å². The molecule has 140 valence electrons. The molecule has 2 aliphatic rings. The highest BCUT2D eigenvalue weighted by Gasteiger charge is 2.47. The second-order valence-electron chi connectivity index (χ2n) is 7.07. The zero-order valence-corrected chi connectivity index (χ0v) is 16.2. The van der Waals surface area contributed by atoms with Crippen molar-refractivity contribution in [2.24, 2.45) is 0 Å². The monoisotopic (exact) mass is 387 g/mol. The Balaban J connectivity index is 1.97. The minimum Gasteiger partial charge on any atom is -0.495 e. The number of ether oxygens (including phenoxy) is 1. The van der Waals surface area contributed by atoms with Gasteiger partial charge < -0.3 is 10.1 Å². The molecule has 1 aliphatic carbocycles. The molecular weight excluding hydrogens is 362 g/mol. The van der Waals surface area contributed by atoms with Crippen LogP contribution in [0.3, 0.4) is 0 Å². The molecule has 0 radical (unpaired) electrons. The molecule has 1 aromatic carbocycles. The minimum absolute atomic E-state index is 0.0790. The van der Waals surface area contributed by atoms with E-state index in [-0.39, 0.29) is 28.2 Å². The van der Waals surface area contributed by atoms with Crippen LogP contribution in [0.4, 0.5) is 0 Å². The quantitative estimate of drug-likeness (QED) is 0.823. The topological polar surface area (TPSA) is 89.5 Å². The number of hydrogen-bond acceptors (Lipinski definition) is 6. The predicted molar refractivity (Wildman–Crippen MR) is 96.5 cm³/mol. The average molecular weight is 388 g/mol. The van der Waals surface area contributed by atoms with Crippen molar-refractivity contribution in [3.8, 4) is 5.75 Å². The van der Waals surface area contributed by atoms with Crippen molar-refractivity contribution in [2.45, 2.75) is 54.8 Å². The average Bonchev–Trinajstić information content (AvgIpc) is 3.15. The number of rotatable bonds is 5. The zero-order chi connectivity index (χ0) is 18.2. The molecule has 2 atom stereocenters. The van der Waals surface area contributed by atoms with Gasteiger partial charge in [-0.2, -0.15) is 0 Å². The summed E-state index contributed by atoms with van der Waals surface area (Å²) in [4.78, 5) is 0.0790. The van der Waals surface area contributed by atoms with E-state index >= 15 is 0 Å². The van der Waals surface area contributed by atoms with E-state index in [9.17, 15) is 16.8 Å². The SMILES string of the molecule is COc1ccc(C)cc1S(=O)(=O)[C@@H]1CS(=O)(=O)C[C@H]1NC1CCCC1. The molecule has 2 fully saturated rings. The van der Waals surface area contributed by atoms with Crippen molar-refractivity contribution in [1.82, 2.24) is 5.32 Å². The summed E-state index contributed by atoms with van der Waals surface area (Å²) in [6.45, 7) is 1.80. The van der Waals surface area contributed by atoms with E-state index in [1.54, 1.807) is 25.1 Å². The van der Waals surface area contributed by atoms with Crippen LogP contribution >= 0.6 is 0 Å². The third-order valence-electron chi connectivity index (χ3n) is 5.13. The van der Waals surface area contributed by atoms with Gasteiger partial charge in [-0.3, -0.25) is 0 Å². The number of hydrogen-bond donors (Lipinski definition) is 1. The van der Waals surface area contributed by atoms with E-state index < -0.39 is 31.0 Å². The van der Waals surface area contributed by atoms with Crippen molar-refractivity contribution in [3.63, 3.8) is 0 Å². The van der Waals surface area contributed by atoms with Crippen LogP contribution < -0.4 is 10.1 Å². The fourth-order valence-corrected chi connectivity index (χ4v) is 8.76. The lowest BCUT2D eigenvalue weighted by Gasteiger charge is -2.24. The Morgan fingerprint density at radius 1 is 1.16 bits per heavy atom. The second-order valence-corrected chi connectivity index (χ2v) is 11.4. The molecule has 0 spiro atoms. The molecule has 1 N–H and O–H groups in total. The first-order valence-corrected chi connectivity index (χ1v) is 11.9. The van der Waals surface area contributed by atoms with E-state index in [4.69, 9.17) is 4.74 Å². The summed E-state index contributed by atoms with van der Waals surface area (Å²) >= 11 is 0. The largest absolute Gasteiger partial charge is 0.495 e. The van der Waals surface area contributed by atoms with E-state index in [1.807, 2.05) is 0 Å². The highest BCUT2D eigenvalue weighted by atomic mass is 32.2. The summed E-state index contributed by atoms with van der Waals surface area (Å²) in [6, 6.07) is 4.59. The molecule has 0 amide bonds. The van der Waals surface area contributed by atoms with Gasteiger partial charge >= 0.3 is 0 Å². The van der Waals surface area contributed by atoms with E-state index in [0.29, 0.717) is 0 Å². The van der Waals surface area contributed by atoms with Gasteiger partial charge in [-0.1, -0.05) is 18.9 Å². The Hall–Kier alpha value is -1.12. The van der Waals surface area contributed by atoms with E-state index in [1.165, 1.54) is 7.11 Å². The summed E-state index contributed by atoms with van der Waals surface area (Å²) in [5.74, 6) is -0.201. The summed E-state index contributed by atoms with van der Waals surface area (Å²) in [7, 11) is -5.80. The third-order valence-corrected chi connectivity index (χ3v) is 9.30. The third kappa shape index (κ3) is 3.85. The smallest absolute Gasteiger partial charge is 0.187 e. The van der Waals surface area contributed by atoms with E-state index in [2.05, 4.69) is 5.32 Å². The van der Waals surface area contributed by atoms with Gasteiger partial charge in [0.2, 0.25) is 0 Å². The lowest BCUT2D eigenvalue weighted by Crippen LogP contribution is -2.47. The molecule has 8 heteroatoms. The minimum atomic E-state index is -3.83. The normalized spacial score (nSPS) is 26.8. The number of nitrogens with one attached hydrogen (secondary N) is 1.